The molecule has 1 saturated heterocycles. The second kappa shape index (κ2) is 7.72. The summed E-state index contributed by atoms with van der Waals surface area (Å²) >= 11 is 1.73. The lowest BCUT2D eigenvalue weighted by molar-refractivity contribution is -0.0982. The summed E-state index contributed by atoms with van der Waals surface area (Å²) < 4.78 is 18.5. The molecule has 0 spiro atoms. The Kier molecular flexibility index (Phi) is 4.94. The summed E-state index contributed by atoms with van der Waals surface area (Å²) in [6.07, 6.45) is 0.0906. The number of aromatic hydroxyl groups is 1. The summed E-state index contributed by atoms with van der Waals surface area (Å²) in [5.41, 5.74) is 3.19. The van der Waals surface area contributed by atoms with Crippen molar-refractivity contribution in [2.24, 2.45) is 0 Å². The Balaban J connectivity index is 1.46. The topological polar surface area (TPSA) is 51.2 Å². The minimum Gasteiger partial charge on any atom is -0.504 e. The zero-order valence-electron chi connectivity index (χ0n) is 15.6. The Morgan fingerprint density at radius 1 is 1.14 bits per heavy atom. The maximum atomic E-state index is 10.7. The van der Waals surface area contributed by atoms with Crippen LogP contribution in [-0.4, -0.2) is 55.6 Å². The summed E-state index contributed by atoms with van der Waals surface area (Å²) in [5, 5.41) is 14.0. The van der Waals surface area contributed by atoms with Gasteiger partial charge < -0.3 is 19.3 Å². The van der Waals surface area contributed by atoms with Crippen LogP contribution in [0.4, 0.5) is 0 Å². The van der Waals surface area contributed by atoms with Gasteiger partial charge in [0.25, 0.3) is 0 Å². The molecular formula is C22H23NO4S. The highest BCUT2D eigenvalue weighted by Crippen LogP contribution is 2.41. The highest BCUT2D eigenvalue weighted by Gasteiger charge is 2.24. The number of fused-ring (bicyclic) bond motifs is 2. The third-order valence-corrected chi connectivity index (χ3v) is 6.30. The molecule has 146 valence electrons. The van der Waals surface area contributed by atoms with Gasteiger partial charge in [0, 0.05) is 40.8 Å². The molecule has 1 aromatic heterocycles. The Bertz CT molecular complexity index is 980. The first-order valence-electron chi connectivity index (χ1n) is 9.65. The van der Waals surface area contributed by atoms with Crippen LogP contribution in [0.15, 0.2) is 41.8 Å². The number of hydrogen-bond acceptors (Lipinski definition) is 6. The van der Waals surface area contributed by atoms with E-state index >= 15 is 0 Å². The van der Waals surface area contributed by atoms with E-state index in [1.807, 2.05) is 6.07 Å². The minimum atomic E-state index is 0.0906. The fourth-order valence-electron chi connectivity index (χ4n) is 4.00. The molecule has 6 heteroatoms. The van der Waals surface area contributed by atoms with E-state index < -0.39 is 0 Å². The van der Waals surface area contributed by atoms with E-state index in [0.29, 0.717) is 32.2 Å². The van der Waals surface area contributed by atoms with Gasteiger partial charge in [-0.3, -0.25) is 4.90 Å². The molecule has 1 atom stereocenters. The van der Waals surface area contributed by atoms with Crippen LogP contribution in [0.1, 0.15) is 5.56 Å². The molecule has 0 saturated carbocycles. The third kappa shape index (κ3) is 3.49. The van der Waals surface area contributed by atoms with E-state index in [1.165, 1.54) is 10.1 Å². The number of phenolic OH excluding ortho intramolecular Hbond substituents is 1. The van der Waals surface area contributed by atoms with Gasteiger partial charge in [0.2, 0.25) is 0 Å². The zero-order valence-corrected chi connectivity index (χ0v) is 16.4. The van der Waals surface area contributed by atoms with Crippen LogP contribution < -0.4 is 4.74 Å². The number of benzene rings is 2. The molecule has 3 aromatic rings. The van der Waals surface area contributed by atoms with Crippen molar-refractivity contribution < 1.29 is 19.3 Å². The van der Waals surface area contributed by atoms with Crippen LogP contribution in [0.5, 0.6) is 11.5 Å². The van der Waals surface area contributed by atoms with Crippen molar-refractivity contribution in [3.05, 3.63) is 47.3 Å². The Morgan fingerprint density at radius 2 is 2.07 bits per heavy atom. The number of phenols is 1. The second-order valence-electron chi connectivity index (χ2n) is 7.28. The molecule has 2 aromatic carbocycles. The number of rotatable bonds is 3. The van der Waals surface area contributed by atoms with Crippen molar-refractivity contribution in [2.45, 2.75) is 12.6 Å². The van der Waals surface area contributed by atoms with E-state index in [1.54, 1.807) is 11.3 Å². The fraction of sp³-hybridized carbons (Fsp3) is 0.364. The van der Waals surface area contributed by atoms with Crippen molar-refractivity contribution >= 4 is 21.4 Å². The number of ether oxygens (including phenoxy) is 3. The molecule has 0 bridgehead atoms. The van der Waals surface area contributed by atoms with Gasteiger partial charge in [-0.25, -0.2) is 0 Å². The molecule has 1 fully saturated rings. The molecule has 5 nitrogen and oxygen atoms in total. The third-order valence-electron chi connectivity index (χ3n) is 5.33. The van der Waals surface area contributed by atoms with Crippen LogP contribution in [0, 0.1) is 0 Å². The number of hydrogen-bond donors (Lipinski definition) is 1. The van der Waals surface area contributed by atoms with Crippen LogP contribution in [0.2, 0.25) is 0 Å². The van der Waals surface area contributed by atoms with Gasteiger partial charge in [-0.15, -0.1) is 11.3 Å². The first kappa shape index (κ1) is 17.9. The predicted octanol–water partition coefficient (Wildman–Crippen LogP) is 3.88. The summed E-state index contributed by atoms with van der Waals surface area (Å²) in [7, 11) is 0. The van der Waals surface area contributed by atoms with Gasteiger partial charge in [0.15, 0.2) is 11.5 Å². The molecule has 0 aliphatic carbocycles. The zero-order chi connectivity index (χ0) is 18.9. The molecule has 28 heavy (non-hydrogen) atoms. The van der Waals surface area contributed by atoms with Gasteiger partial charge >= 0.3 is 0 Å². The van der Waals surface area contributed by atoms with Crippen molar-refractivity contribution in [1.29, 1.82) is 0 Å². The largest absolute Gasteiger partial charge is 0.504 e. The van der Waals surface area contributed by atoms with E-state index in [2.05, 4.69) is 40.6 Å². The molecule has 2 aliphatic rings. The summed E-state index contributed by atoms with van der Waals surface area (Å²) in [5.74, 6) is 0.813. The predicted molar refractivity (Wildman–Crippen MR) is 110 cm³/mol. The normalized spacial score (nSPS) is 20.5. The lowest BCUT2D eigenvalue weighted by Gasteiger charge is -2.28. The van der Waals surface area contributed by atoms with Crippen molar-refractivity contribution in [2.75, 3.05) is 39.5 Å². The summed E-state index contributed by atoms with van der Waals surface area (Å²) in [6, 6.07) is 12.3. The average molecular weight is 397 g/mol. The highest BCUT2D eigenvalue weighted by molar-refractivity contribution is 7.17. The standard InChI is InChI=1S/C22H23NO4S/c24-20-10-15(19-14-28-21-4-2-1-3-18(19)21)9-16-11-23(5-6-27-22(16)20)12-17-13-25-7-8-26-17/h1-4,9-10,14,17,24H,5-8,11-13H2. The molecule has 0 radical (unpaired) electrons. The molecule has 1 unspecified atom stereocenters. The first-order chi connectivity index (χ1) is 13.8. The van der Waals surface area contributed by atoms with E-state index in [9.17, 15) is 5.11 Å². The van der Waals surface area contributed by atoms with Gasteiger partial charge in [-0.2, -0.15) is 0 Å². The van der Waals surface area contributed by atoms with Crippen LogP contribution in [0.25, 0.3) is 21.2 Å². The van der Waals surface area contributed by atoms with E-state index in [4.69, 9.17) is 14.2 Å². The van der Waals surface area contributed by atoms with Crippen LogP contribution in [-0.2, 0) is 16.0 Å². The Morgan fingerprint density at radius 3 is 2.96 bits per heavy atom. The van der Waals surface area contributed by atoms with Crippen molar-refractivity contribution in [3.8, 4) is 22.6 Å². The van der Waals surface area contributed by atoms with Crippen LogP contribution >= 0.6 is 11.3 Å². The van der Waals surface area contributed by atoms with Crippen molar-refractivity contribution in [3.63, 3.8) is 0 Å². The highest BCUT2D eigenvalue weighted by atomic mass is 32.1. The van der Waals surface area contributed by atoms with Gasteiger partial charge in [0.1, 0.15) is 6.61 Å². The monoisotopic (exact) mass is 397 g/mol. The summed E-state index contributed by atoms with van der Waals surface area (Å²) in [6.45, 7) is 4.83. The number of thiophene rings is 1. The average Bonchev–Trinajstić information content (AvgIpc) is 3.04. The maximum absolute atomic E-state index is 10.7. The Hall–Kier alpha value is -2.12. The van der Waals surface area contributed by atoms with E-state index in [-0.39, 0.29) is 11.9 Å². The number of nitrogens with zero attached hydrogens (tertiary/aromatic N) is 1. The SMILES string of the molecule is Oc1cc(-c2csc3ccccc23)cc2c1OCCN(CC1COCCO1)C2. The second-order valence-corrected chi connectivity index (χ2v) is 8.19. The molecule has 5 rings (SSSR count). The smallest absolute Gasteiger partial charge is 0.165 e. The molecular weight excluding hydrogens is 374 g/mol. The van der Waals surface area contributed by atoms with Gasteiger partial charge in [-0.05, 0) is 29.1 Å². The lowest BCUT2D eigenvalue weighted by atomic mass is 10.0. The summed E-state index contributed by atoms with van der Waals surface area (Å²) in [4.78, 5) is 2.32. The minimum absolute atomic E-state index is 0.0906. The fourth-order valence-corrected chi connectivity index (χ4v) is 4.97. The molecule has 1 N–H and O–H groups in total. The van der Waals surface area contributed by atoms with E-state index in [0.717, 1.165) is 36.3 Å². The lowest BCUT2D eigenvalue weighted by Crippen LogP contribution is -2.40. The molecule has 2 aliphatic heterocycles. The maximum Gasteiger partial charge on any atom is 0.165 e. The molecule has 0 amide bonds. The van der Waals surface area contributed by atoms with Gasteiger partial charge in [0.05, 0.1) is 25.9 Å². The van der Waals surface area contributed by atoms with Crippen molar-refractivity contribution in [1.82, 2.24) is 4.90 Å². The quantitative estimate of drug-likeness (QED) is 0.727. The van der Waals surface area contributed by atoms with Gasteiger partial charge in [-0.1, -0.05) is 18.2 Å². The molecule has 3 heterocycles. The first-order valence-corrected chi connectivity index (χ1v) is 10.5. The van der Waals surface area contributed by atoms with Crippen LogP contribution in [0.3, 0.4) is 0 Å². The Labute approximate surface area is 168 Å².